The number of ether oxygens (including phenoxy) is 2. The van der Waals surface area contributed by atoms with E-state index in [4.69, 9.17) is 9.47 Å². The lowest BCUT2D eigenvalue weighted by Crippen LogP contribution is -2.20. The highest BCUT2D eigenvalue weighted by atomic mass is 16.5. The second-order valence-corrected chi connectivity index (χ2v) is 6.73. The summed E-state index contributed by atoms with van der Waals surface area (Å²) in [7, 11) is 0. The van der Waals surface area contributed by atoms with Gasteiger partial charge in [0.05, 0.1) is 19.4 Å². The maximum atomic E-state index is 11.9. The molecule has 1 rings (SSSR count). The van der Waals surface area contributed by atoms with Gasteiger partial charge in [0, 0.05) is 0 Å². The Morgan fingerprint density at radius 2 is 1.65 bits per heavy atom. The van der Waals surface area contributed by atoms with Crippen LogP contribution in [-0.2, 0) is 19.1 Å². The van der Waals surface area contributed by atoms with Crippen molar-refractivity contribution in [3.8, 4) is 0 Å². The first kappa shape index (κ1) is 20.0. The van der Waals surface area contributed by atoms with E-state index >= 15 is 0 Å². The zero-order valence-corrected chi connectivity index (χ0v) is 15.0. The van der Waals surface area contributed by atoms with Gasteiger partial charge in [-0.2, -0.15) is 0 Å². The van der Waals surface area contributed by atoms with Crippen molar-refractivity contribution in [3.63, 3.8) is 0 Å². The zero-order valence-electron chi connectivity index (χ0n) is 15.0. The molecule has 134 valence electrons. The summed E-state index contributed by atoms with van der Waals surface area (Å²) in [4.78, 5) is 23.6. The van der Waals surface area contributed by atoms with E-state index in [9.17, 15) is 9.59 Å². The third-order valence-electron chi connectivity index (χ3n) is 4.53. The van der Waals surface area contributed by atoms with Crippen molar-refractivity contribution in [3.05, 3.63) is 0 Å². The van der Waals surface area contributed by atoms with Crippen LogP contribution in [0.25, 0.3) is 0 Å². The SMILES string of the molecule is CCCCC(CCC)OC(=O)CCC(=O)OCC1CCCCC1. The normalized spacial score (nSPS) is 16.8. The minimum absolute atomic E-state index is 0.00529. The van der Waals surface area contributed by atoms with E-state index in [1.165, 1.54) is 19.3 Å². The summed E-state index contributed by atoms with van der Waals surface area (Å²) in [5, 5.41) is 0. The molecule has 0 bridgehead atoms. The smallest absolute Gasteiger partial charge is 0.306 e. The Labute approximate surface area is 141 Å². The van der Waals surface area contributed by atoms with Crippen LogP contribution in [0.1, 0.15) is 90.9 Å². The minimum Gasteiger partial charge on any atom is -0.465 e. The van der Waals surface area contributed by atoms with Crippen molar-refractivity contribution in [2.45, 2.75) is 97.0 Å². The lowest BCUT2D eigenvalue weighted by molar-refractivity contribution is -0.154. The van der Waals surface area contributed by atoms with Crippen LogP contribution in [0.2, 0.25) is 0 Å². The molecule has 1 aliphatic carbocycles. The summed E-state index contributed by atoms with van der Waals surface area (Å²) in [5.41, 5.74) is 0. The number of hydrogen-bond donors (Lipinski definition) is 0. The third kappa shape index (κ3) is 9.62. The van der Waals surface area contributed by atoms with E-state index < -0.39 is 0 Å². The number of carbonyl (C=O) groups is 2. The van der Waals surface area contributed by atoms with Gasteiger partial charge in [-0.15, -0.1) is 0 Å². The fourth-order valence-electron chi connectivity index (χ4n) is 3.10. The molecule has 0 aliphatic heterocycles. The topological polar surface area (TPSA) is 52.6 Å². The molecule has 4 nitrogen and oxygen atoms in total. The van der Waals surface area contributed by atoms with E-state index in [2.05, 4.69) is 13.8 Å². The van der Waals surface area contributed by atoms with Crippen LogP contribution in [0.3, 0.4) is 0 Å². The van der Waals surface area contributed by atoms with Crippen molar-refractivity contribution in [1.29, 1.82) is 0 Å². The number of unbranched alkanes of at least 4 members (excludes halogenated alkanes) is 1. The zero-order chi connectivity index (χ0) is 16.9. The van der Waals surface area contributed by atoms with Crippen LogP contribution in [0.5, 0.6) is 0 Å². The molecule has 4 heteroatoms. The van der Waals surface area contributed by atoms with Crippen LogP contribution >= 0.6 is 0 Å². The summed E-state index contributed by atoms with van der Waals surface area (Å²) in [6.07, 6.45) is 11.4. The minimum atomic E-state index is -0.270. The molecule has 0 radical (unpaired) electrons. The van der Waals surface area contributed by atoms with Crippen LogP contribution in [0, 0.1) is 5.92 Å². The van der Waals surface area contributed by atoms with Gasteiger partial charge in [-0.05, 0) is 31.6 Å². The molecule has 1 aliphatic rings. The van der Waals surface area contributed by atoms with Gasteiger partial charge < -0.3 is 9.47 Å². The number of rotatable bonds is 11. The van der Waals surface area contributed by atoms with Crippen LogP contribution in [0.15, 0.2) is 0 Å². The Morgan fingerprint density at radius 3 is 2.30 bits per heavy atom. The highest BCUT2D eigenvalue weighted by Crippen LogP contribution is 2.23. The van der Waals surface area contributed by atoms with Crippen LogP contribution in [0.4, 0.5) is 0 Å². The Kier molecular flexibility index (Phi) is 10.8. The molecule has 0 heterocycles. The summed E-state index contributed by atoms with van der Waals surface area (Å²) < 4.78 is 10.8. The maximum absolute atomic E-state index is 11.9. The van der Waals surface area contributed by atoms with Crippen molar-refractivity contribution in [1.82, 2.24) is 0 Å². The first-order valence-electron chi connectivity index (χ1n) is 9.50. The monoisotopic (exact) mass is 326 g/mol. The maximum Gasteiger partial charge on any atom is 0.306 e. The Hall–Kier alpha value is -1.06. The lowest BCUT2D eigenvalue weighted by Gasteiger charge is -2.21. The summed E-state index contributed by atoms with van der Waals surface area (Å²) >= 11 is 0. The highest BCUT2D eigenvalue weighted by molar-refractivity contribution is 5.77. The summed E-state index contributed by atoms with van der Waals surface area (Å²) in [5.74, 6) is -0.0232. The average Bonchev–Trinajstić information content (AvgIpc) is 2.57. The summed E-state index contributed by atoms with van der Waals surface area (Å²) in [6, 6.07) is 0. The number of carbonyl (C=O) groups excluding carboxylic acids is 2. The Balaban J connectivity index is 2.16. The quantitative estimate of drug-likeness (QED) is 0.512. The second kappa shape index (κ2) is 12.4. The molecule has 1 fully saturated rings. The number of esters is 2. The molecule has 0 aromatic rings. The van der Waals surface area contributed by atoms with E-state index in [1.807, 2.05) is 0 Å². The fraction of sp³-hybridized carbons (Fsp3) is 0.895. The second-order valence-electron chi connectivity index (χ2n) is 6.73. The molecular weight excluding hydrogens is 292 g/mol. The molecule has 1 unspecified atom stereocenters. The lowest BCUT2D eigenvalue weighted by atomic mass is 9.90. The molecule has 1 saturated carbocycles. The van der Waals surface area contributed by atoms with Gasteiger partial charge in [0.1, 0.15) is 6.10 Å². The highest BCUT2D eigenvalue weighted by Gasteiger charge is 2.17. The molecule has 0 N–H and O–H groups in total. The van der Waals surface area contributed by atoms with Gasteiger partial charge in [0.15, 0.2) is 0 Å². The molecule has 0 spiro atoms. The van der Waals surface area contributed by atoms with Gasteiger partial charge in [-0.3, -0.25) is 9.59 Å². The van der Waals surface area contributed by atoms with Gasteiger partial charge in [0.2, 0.25) is 0 Å². The van der Waals surface area contributed by atoms with Crippen molar-refractivity contribution in [2.24, 2.45) is 5.92 Å². The molecule has 0 aromatic carbocycles. The Morgan fingerprint density at radius 1 is 0.957 bits per heavy atom. The molecule has 0 saturated heterocycles. The van der Waals surface area contributed by atoms with E-state index in [1.54, 1.807) is 0 Å². The summed E-state index contributed by atoms with van der Waals surface area (Å²) in [6.45, 7) is 4.74. The molecule has 1 atom stereocenters. The van der Waals surface area contributed by atoms with E-state index in [-0.39, 0.29) is 30.9 Å². The van der Waals surface area contributed by atoms with Crippen molar-refractivity contribution < 1.29 is 19.1 Å². The average molecular weight is 326 g/mol. The molecule has 23 heavy (non-hydrogen) atoms. The van der Waals surface area contributed by atoms with Crippen molar-refractivity contribution in [2.75, 3.05) is 6.61 Å². The first-order chi connectivity index (χ1) is 11.2. The molecule has 0 aromatic heterocycles. The van der Waals surface area contributed by atoms with Gasteiger partial charge >= 0.3 is 11.9 Å². The first-order valence-corrected chi connectivity index (χ1v) is 9.50. The molecular formula is C19H34O4. The van der Waals surface area contributed by atoms with E-state index in [0.29, 0.717) is 12.5 Å². The largest absolute Gasteiger partial charge is 0.465 e. The standard InChI is InChI=1S/C19H34O4/c1-3-5-12-17(9-4-2)23-19(21)14-13-18(20)22-15-16-10-7-6-8-11-16/h16-17H,3-15H2,1-2H3. The van der Waals surface area contributed by atoms with E-state index in [0.717, 1.165) is 44.9 Å². The molecule has 0 amide bonds. The van der Waals surface area contributed by atoms with Crippen LogP contribution in [-0.4, -0.2) is 24.6 Å². The Bertz CT molecular complexity index is 334. The van der Waals surface area contributed by atoms with Gasteiger partial charge in [0.25, 0.3) is 0 Å². The van der Waals surface area contributed by atoms with Crippen LogP contribution < -0.4 is 0 Å². The van der Waals surface area contributed by atoms with Crippen molar-refractivity contribution >= 4 is 11.9 Å². The predicted molar refractivity (Wildman–Crippen MR) is 91.1 cm³/mol. The van der Waals surface area contributed by atoms with Gasteiger partial charge in [-0.1, -0.05) is 52.4 Å². The predicted octanol–water partition coefficient (Wildman–Crippen LogP) is 4.79. The third-order valence-corrected chi connectivity index (χ3v) is 4.53. The fourth-order valence-corrected chi connectivity index (χ4v) is 3.10. The van der Waals surface area contributed by atoms with Gasteiger partial charge in [-0.25, -0.2) is 0 Å². The number of hydrogen-bond acceptors (Lipinski definition) is 4.